The summed E-state index contributed by atoms with van der Waals surface area (Å²) in [6.45, 7) is 1.64. The topological polar surface area (TPSA) is 76.5 Å². The summed E-state index contributed by atoms with van der Waals surface area (Å²) in [5, 5.41) is 4.85. The lowest BCUT2D eigenvalue weighted by molar-refractivity contribution is 0.0955. The first-order valence-corrected chi connectivity index (χ1v) is 11.2. The summed E-state index contributed by atoms with van der Waals surface area (Å²) in [7, 11) is 1.53. The molecule has 11 heteroatoms. The number of carbonyl (C=O) groups is 1. The van der Waals surface area contributed by atoms with E-state index in [9.17, 15) is 13.6 Å². The highest BCUT2D eigenvalue weighted by molar-refractivity contribution is 7.98. The first kappa shape index (κ1) is 24.9. The van der Waals surface area contributed by atoms with Gasteiger partial charge < -0.3 is 4.74 Å². The van der Waals surface area contributed by atoms with E-state index in [4.69, 9.17) is 27.9 Å². The molecule has 0 saturated carbocycles. The van der Waals surface area contributed by atoms with E-state index in [1.807, 2.05) is 0 Å². The number of hydrogen-bond donors (Lipinski definition) is 1. The molecule has 172 valence electrons. The molecule has 1 heterocycles. The van der Waals surface area contributed by atoms with Gasteiger partial charge in [0, 0.05) is 22.0 Å². The lowest BCUT2D eigenvalue weighted by Crippen LogP contribution is -2.18. The number of nitrogens with one attached hydrogen (secondary N) is 1. The number of benzene rings is 2. The molecule has 0 bridgehead atoms. The molecule has 0 fully saturated rings. The number of nitrogens with zero attached hydrogens (tertiary/aromatic N) is 3. The summed E-state index contributed by atoms with van der Waals surface area (Å²) in [6, 6.07) is 11.1. The van der Waals surface area contributed by atoms with Crippen molar-refractivity contribution in [1.29, 1.82) is 0 Å². The van der Waals surface area contributed by atoms with Gasteiger partial charge in [0.2, 0.25) is 0 Å². The number of hydrogen-bond acceptors (Lipinski definition) is 6. The molecule has 2 aromatic carbocycles. The smallest absolute Gasteiger partial charge is 0.280 e. The van der Waals surface area contributed by atoms with Crippen LogP contribution in [-0.2, 0) is 5.75 Å². The Morgan fingerprint density at radius 3 is 2.70 bits per heavy atom. The number of amides is 1. The van der Waals surface area contributed by atoms with Crippen molar-refractivity contribution >= 4 is 47.1 Å². The molecular formula is C22H18Cl2F2N4O2S. The Labute approximate surface area is 203 Å². The van der Waals surface area contributed by atoms with Gasteiger partial charge in [0.1, 0.15) is 11.4 Å². The quantitative estimate of drug-likeness (QED) is 0.171. The predicted octanol–water partition coefficient (Wildman–Crippen LogP) is 6.09. The zero-order valence-corrected chi connectivity index (χ0v) is 19.8. The summed E-state index contributed by atoms with van der Waals surface area (Å²) in [5.74, 6) is 0.506. The molecule has 1 amide bonds. The lowest BCUT2D eigenvalue weighted by atomic mass is 10.1. The maximum atomic E-state index is 13.0. The van der Waals surface area contributed by atoms with Crippen LogP contribution in [0.3, 0.4) is 0 Å². The molecule has 33 heavy (non-hydrogen) atoms. The minimum Gasteiger partial charge on any atom is -0.496 e. The van der Waals surface area contributed by atoms with Crippen LogP contribution in [0, 0.1) is 6.92 Å². The van der Waals surface area contributed by atoms with E-state index >= 15 is 0 Å². The summed E-state index contributed by atoms with van der Waals surface area (Å²) in [5.41, 5.74) is 4.28. The maximum absolute atomic E-state index is 13.0. The molecule has 1 N–H and O–H groups in total. The fraction of sp³-hybridized carbons (Fsp3) is 0.182. The van der Waals surface area contributed by atoms with Crippen molar-refractivity contribution in [2.45, 2.75) is 24.3 Å². The molecule has 0 aliphatic carbocycles. The molecule has 6 nitrogen and oxygen atoms in total. The van der Waals surface area contributed by atoms with Gasteiger partial charge in [0.15, 0.2) is 5.16 Å². The number of aromatic nitrogens is 2. The zero-order valence-electron chi connectivity index (χ0n) is 17.5. The average Bonchev–Trinajstić information content (AvgIpc) is 2.77. The number of thioether (sulfide) groups is 1. The Morgan fingerprint density at radius 1 is 1.21 bits per heavy atom. The molecule has 0 aliphatic rings. The summed E-state index contributed by atoms with van der Waals surface area (Å²) in [4.78, 5) is 20.4. The molecule has 3 aromatic rings. The molecule has 0 radical (unpaired) electrons. The summed E-state index contributed by atoms with van der Waals surface area (Å²) < 4.78 is 31.4. The van der Waals surface area contributed by atoms with Gasteiger partial charge in [-0.1, -0.05) is 35.0 Å². The van der Waals surface area contributed by atoms with Gasteiger partial charge in [-0.2, -0.15) is 5.10 Å². The molecule has 1 aromatic heterocycles. The first-order valence-electron chi connectivity index (χ1n) is 9.48. The fourth-order valence-electron chi connectivity index (χ4n) is 2.77. The van der Waals surface area contributed by atoms with Gasteiger partial charge in [-0.3, -0.25) is 4.79 Å². The van der Waals surface area contributed by atoms with Crippen molar-refractivity contribution in [3.63, 3.8) is 0 Å². The molecule has 0 aliphatic heterocycles. The number of carbonyl (C=O) groups excluding carboxylic acids is 1. The van der Waals surface area contributed by atoms with Gasteiger partial charge in [-0.05, 0) is 55.0 Å². The van der Waals surface area contributed by atoms with E-state index in [1.165, 1.54) is 43.3 Å². The third-order valence-corrected chi connectivity index (χ3v) is 5.74. The Bertz CT molecular complexity index is 1200. The van der Waals surface area contributed by atoms with E-state index in [1.54, 1.807) is 31.2 Å². The van der Waals surface area contributed by atoms with Crippen molar-refractivity contribution in [3.8, 4) is 5.75 Å². The predicted molar refractivity (Wildman–Crippen MR) is 126 cm³/mol. The van der Waals surface area contributed by atoms with Crippen LogP contribution in [0.4, 0.5) is 8.78 Å². The molecule has 0 saturated heterocycles. The Balaban J connectivity index is 1.71. The first-order chi connectivity index (χ1) is 15.8. The van der Waals surface area contributed by atoms with Crippen molar-refractivity contribution in [2.75, 3.05) is 7.11 Å². The SMILES string of the molecule is COc1ccc(/C=N\NC(=O)c2ccc(Cl)cc2Cl)cc1CSc1nc(C)cc(C(F)F)n1. The van der Waals surface area contributed by atoms with Gasteiger partial charge >= 0.3 is 0 Å². The minimum atomic E-state index is -2.67. The number of hydrazone groups is 1. The van der Waals surface area contributed by atoms with Crippen molar-refractivity contribution < 1.29 is 18.3 Å². The molecule has 0 unspecified atom stereocenters. The number of halogens is 4. The Kier molecular flexibility index (Phi) is 8.60. The minimum absolute atomic E-state index is 0.215. The lowest BCUT2D eigenvalue weighted by Gasteiger charge is -2.10. The fourth-order valence-corrected chi connectivity index (χ4v) is 4.16. The second kappa shape index (κ2) is 11.4. The monoisotopic (exact) mass is 510 g/mol. The van der Waals surface area contributed by atoms with Crippen LogP contribution < -0.4 is 10.2 Å². The molecule has 0 spiro atoms. The van der Waals surface area contributed by atoms with Crippen LogP contribution in [0.15, 0.2) is 52.7 Å². The standard InChI is InChI=1S/C22H18Cl2F2N4O2S/c1-12-7-18(20(25)26)29-22(28-12)33-11-14-8-13(3-6-19(14)32-2)10-27-30-21(31)16-5-4-15(23)9-17(16)24/h3-10,20H,11H2,1-2H3,(H,30,31)/b27-10-. The number of rotatable bonds is 8. The van der Waals surface area contributed by atoms with E-state index < -0.39 is 12.3 Å². The van der Waals surface area contributed by atoms with Crippen LogP contribution >= 0.6 is 35.0 Å². The largest absolute Gasteiger partial charge is 0.496 e. The zero-order chi connectivity index (χ0) is 24.0. The van der Waals surface area contributed by atoms with Gasteiger partial charge in [-0.15, -0.1) is 0 Å². The average molecular weight is 511 g/mol. The van der Waals surface area contributed by atoms with Crippen LogP contribution in [0.1, 0.15) is 39.3 Å². The summed E-state index contributed by atoms with van der Waals surface area (Å²) in [6.07, 6.45) is -1.20. The Morgan fingerprint density at radius 2 is 2.00 bits per heavy atom. The third kappa shape index (κ3) is 6.86. The highest BCUT2D eigenvalue weighted by Crippen LogP contribution is 2.28. The summed E-state index contributed by atoms with van der Waals surface area (Å²) >= 11 is 13.1. The maximum Gasteiger partial charge on any atom is 0.280 e. The van der Waals surface area contributed by atoms with Crippen molar-refractivity contribution in [3.05, 3.63) is 80.6 Å². The molecule has 0 atom stereocenters. The van der Waals surface area contributed by atoms with Gasteiger partial charge in [0.25, 0.3) is 12.3 Å². The van der Waals surface area contributed by atoms with Crippen molar-refractivity contribution in [2.24, 2.45) is 5.10 Å². The van der Waals surface area contributed by atoms with Crippen LogP contribution in [0.5, 0.6) is 5.75 Å². The van der Waals surface area contributed by atoms with Gasteiger partial charge in [0.05, 0.1) is 23.9 Å². The molecule has 3 rings (SSSR count). The third-order valence-electron chi connectivity index (χ3n) is 4.29. The van der Waals surface area contributed by atoms with E-state index in [-0.39, 0.29) is 21.4 Å². The second-order valence-electron chi connectivity index (χ2n) is 6.70. The van der Waals surface area contributed by atoms with E-state index in [0.29, 0.717) is 27.8 Å². The van der Waals surface area contributed by atoms with Crippen LogP contribution in [-0.4, -0.2) is 29.2 Å². The second-order valence-corrected chi connectivity index (χ2v) is 8.49. The highest BCUT2D eigenvalue weighted by atomic mass is 35.5. The van der Waals surface area contributed by atoms with Crippen LogP contribution in [0.25, 0.3) is 0 Å². The highest BCUT2D eigenvalue weighted by Gasteiger charge is 2.13. The van der Waals surface area contributed by atoms with E-state index in [2.05, 4.69) is 20.5 Å². The number of methoxy groups -OCH3 is 1. The molecular weight excluding hydrogens is 493 g/mol. The number of aryl methyl sites for hydroxylation is 1. The Hall–Kier alpha value is -2.75. The van der Waals surface area contributed by atoms with Crippen LogP contribution in [0.2, 0.25) is 10.0 Å². The van der Waals surface area contributed by atoms with E-state index in [0.717, 1.165) is 5.56 Å². The number of alkyl halides is 2. The number of ether oxygens (including phenoxy) is 1. The van der Waals surface area contributed by atoms with Crippen molar-refractivity contribution in [1.82, 2.24) is 15.4 Å². The van der Waals surface area contributed by atoms with Gasteiger partial charge in [-0.25, -0.2) is 24.2 Å². The normalized spacial score (nSPS) is 11.2.